The second kappa shape index (κ2) is 6.36. The number of ether oxygens (including phenoxy) is 2. The summed E-state index contributed by atoms with van der Waals surface area (Å²) in [6.45, 7) is 7.61. The van der Waals surface area contributed by atoms with Crippen LogP contribution < -0.4 is 4.90 Å². The van der Waals surface area contributed by atoms with E-state index in [2.05, 4.69) is 9.97 Å². The lowest BCUT2D eigenvalue weighted by molar-refractivity contribution is -0.0618. The van der Waals surface area contributed by atoms with Crippen LogP contribution in [-0.2, 0) is 16.1 Å². The van der Waals surface area contributed by atoms with Crippen LogP contribution in [0.5, 0.6) is 0 Å². The summed E-state index contributed by atoms with van der Waals surface area (Å²) in [4.78, 5) is 21.4. The Morgan fingerprint density at radius 3 is 2.82 bits per heavy atom. The van der Waals surface area contributed by atoms with Crippen molar-refractivity contribution >= 4 is 23.5 Å². The Morgan fingerprint density at radius 1 is 1.55 bits per heavy atom. The average Bonchev–Trinajstić information content (AvgIpc) is 2.78. The summed E-state index contributed by atoms with van der Waals surface area (Å²) in [6, 6.07) is 1.18. The van der Waals surface area contributed by atoms with E-state index in [1.54, 1.807) is 0 Å². The number of carbonyl (C=O) groups is 1. The highest BCUT2D eigenvalue weighted by Crippen LogP contribution is 2.27. The highest BCUT2D eigenvalue weighted by Gasteiger charge is 2.40. The van der Waals surface area contributed by atoms with Gasteiger partial charge in [0.1, 0.15) is 18.5 Å². The maximum atomic E-state index is 12.0. The summed E-state index contributed by atoms with van der Waals surface area (Å²) in [5.74, 6) is 0.293. The number of amides is 1. The Hall–Kier alpha value is -1.44. The van der Waals surface area contributed by atoms with E-state index in [0.717, 1.165) is 0 Å². The van der Waals surface area contributed by atoms with Gasteiger partial charge in [-0.05, 0) is 39.3 Å². The molecular weight excluding hydrogens is 310 g/mol. The zero-order valence-corrected chi connectivity index (χ0v) is 13.8. The number of cyclic esters (lactones) is 1. The first kappa shape index (κ1) is 16.9. The zero-order chi connectivity index (χ0) is 16.5. The van der Waals surface area contributed by atoms with Crippen molar-refractivity contribution in [1.82, 2.24) is 9.97 Å². The number of aliphatic hydroxyl groups is 1. The molecule has 0 bridgehead atoms. The molecule has 0 radical (unpaired) electrons. The first-order valence-electron chi connectivity index (χ1n) is 6.99. The minimum Gasteiger partial charge on any atom is -0.447 e. The zero-order valence-electron chi connectivity index (χ0n) is 13.0. The van der Waals surface area contributed by atoms with Gasteiger partial charge in [0.2, 0.25) is 5.28 Å². The highest BCUT2D eigenvalue weighted by molar-refractivity contribution is 6.28. The van der Waals surface area contributed by atoms with E-state index in [1.165, 1.54) is 11.0 Å². The minimum absolute atomic E-state index is 0.0376. The van der Waals surface area contributed by atoms with E-state index >= 15 is 0 Å². The molecule has 2 atom stereocenters. The number of hydrogen-bond donors (Lipinski definition) is 1. The molecule has 1 N–H and O–H groups in total. The second-order valence-corrected chi connectivity index (χ2v) is 6.43. The molecule has 7 nitrogen and oxygen atoms in total. The van der Waals surface area contributed by atoms with Gasteiger partial charge in [-0.1, -0.05) is 0 Å². The molecule has 1 aliphatic heterocycles. The number of nitrogens with zero attached hydrogens (tertiary/aromatic N) is 3. The third kappa shape index (κ3) is 3.85. The van der Waals surface area contributed by atoms with Gasteiger partial charge in [0, 0.05) is 6.07 Å². The molecule has 1 aliphatic rings. The largest absolute Gasteiger partial charge is 0.447 e. The van der Waals surface area contributed by atoms with E-state index < -0.39 is 6.09 Å². The fourth-order valence-corrected chi connectivity index (χ4v) is 2.53. The van der Waals surface area contributed by atoms with E-state index in [9.17, 15) is 9.90 Å². The van der Waals surface area contributed by atoms with Crippen molar-refractivity contribution in [3.8, 4) is 0 Å². The molecule has 1 aromatic heterocycles. The summed E-state index contributed by atoms with van der Waals surface area (Å²) in [6.07, 6.45) is -0.786. The van der Waals surface area contributed by atoms with Gasteiger partial charge in [0.25, 0.3) is 0 Å². The van der Waals surface area contributed by atoms with Crippen molar-refractivity contribution in [2.75, 3.05) is 11.5 Å². The molecule has 122 valence electrons. The first-order valence-corrected chi connectivity index (χ1v) is 7.37. The Kier molecular flexibility index (Phi) is 4.89. The van der Waals surface area contributed by atoms with Gasteiger partial charge >= 0.3 is 6.09 Å². The summed E-state index contributed by atoms with van der Waals surface area (Å²) >= 11 is 5.85. The molecule has 0 spiro atoms. The van der Waals surface area contributed by atoms with Crippen molar-refractivity contribution in [3.05, 3.63) is 17.0 Å². The predicted octanol–water partition coefficient (Wildman–Crippen LogP) is 2.15. The number of rotatable bonds is 4. The van der Waals surface area contributed by atoms with E-state index in [-0.39, 0.29) is 36.2 Å². The van der Waals surface area contributed by atoms with Crippen LogP contribution in [0.25, 0.3) is 0 Å². The fraction of sp³-hybridized carbons (Fsp3) is 0.643. The van der Waals surface area contributed by atoms with Crippen LogP contribution in [0.2, 0.25) is 5.28 Å². The van der Waals surface area contributed by atoms with Crippen LogP contribution >= 0.6 is 11.6 Å². The number of aromatic nitrogens is 2. The van der Waals surface area contributed by atoms with Gasteiger partial charge in [0.05, 0.1) is 24.0 Å². The van der Waals surface area contributed by atoms with Crippen LogP contribution in [-0.4, -0.2) is 45.5 Å². The number of halogens is 1. The number of hydrogen-bond acceptors (Lipinski definition) is 6. The molecule has 1 amide bonds. The van der Waals surface area contributed by atoms with Crippen LogP contribution in [0.3, 0.4) is 0 Å². The number of carbonyl (C=O) groups excluding carboxylic acids is 1. The molecular formula is C14H20ClN3O4. The van der Waals surface area contributed by atoms with Gasteiger partial charge in [-0.15, -0.1) is 0 Å². The van der Waals surface area contributed by atoms with Crippen LogP contribution in [0, 0.1) is 0 Å². The molecule has 1 saturated heterocycles. The number of aliphatic hydroxyl groups excluding tert-OH is 1. The minimum atomic E-state index is -0.520. The number of anilines is 1. The van der Waals surface area contributed by atoms with Crippen molar-refractivity contribution < 1.29 is 19.4 Å². The quantitative estimate of drug-likeness (QED) is 0.852. The Balaban J connectivity index is 2.30. The summed E-state index contributed by atoms with van der Waals surface area (Å²) < 4.78 is 11.0. The van der Waals surface area contributed by atoms with Gasteiger partial charge < -0.3 is 14.6 Å². The molecule has 1 aromatic rings. The lowest BCUT2D eigenvalue weighted by Crippen LogP contribution is -2.45. The topological polar surface area (TPSA) is 84.8 Å². The van der Waals surface area contributed by atoms with Crippen LogP contribution in [0.1, 0.15) is 33.4 Å². The lowest BCUT2D eigenvalue weighted by Gasteiger charge is -2.31. The van der Waals surface area contributed by atoms with E-state index in [4.69, 9.17) is 21.1 Å². The second-order valence-electron chi connectivity index (χ2n) is 6.09. The normalized spacial score (nSPS) is 20.2. The maximum Gasteiger partial charge on any atom is 0.416 e. The third-order valence-electron chi connectivity index (χ3n) is 3.13. The molecule has 22 heavy (non-hydrogen) atoms. The predicted molar refractivity (Wildman–Crippen MR) is 80.9 cm³/mol. The van der Waals surface area contributed by atoms with Gasteiger partial charge in [0.15, 0.2) is 0 Å². The van der Waals surface area contributed by atoms with Crippen molar-refractivity contribution in [3.63, 3.8) is 0 Å². The fourth-order valence-electron chi connectivity index (χ4n) is 2.34. The standard InChI is InChI=1S/C14H20ClN3O4/c1-8(22-14(2,3)4)10-7-21-13(20)18(10)11-5-9(6-19)16-12(15)17-11/h5,8,10,19H,6-7H2,1-4H3/t8-,10-/m1/s1. The monoisotopic (exact) mass is 329 g/mol. The molecule has 8 heteroatoms. The summed E-state index contributed by atoms with van der Waals surface area (Å²) in [5.41, 5.74) is -0.0196. The van der Waals surface area contributed by atoms with Crippen molar-refractivity contribution in [2.24, 2.45) is 0 Å². The average molecular weight is 330 g/mol. The van der Waals surface area contributed by atoms with E-state index in [1.807, 2.05) is 27.7 Å². The molecule has 0 aliphatic carbocycles. The first-order chi connectivity index (χ1) is 10.2. The molecule has 0 aromatic carbocycles. The van der Waals surface area contributed by atoms with Gasteiger partial charge in [-0.3, -0.25) is 4.90 Å². The SMILES string of the molecule is C[C@@H](OC(C)(C)C)[C@H]1COC(=O)N1c1cc(CO)nc(Cl)n1. The molecule has 0 unspecified atom stereocenters. The van der Waals surface area contributed by atoms with Gasteiger partial charge in [-0.2, -0.15) is 0 Å². The van der Waals surface area contributed by atoms with Crippen LogP contribution in [0.4, 0.5) is 10.6 Å². The smallest absolute Gasteiger partial charge is 0.416 e. The van der Waals surface area contributed by atoms with Crippen molar-refractivity contribution in [1.29, 1.82) is 0 Å². The van der Waals surface area contributed by atoms with E-state index in [0.29, 0.717) is 11.5 Å². The maximum absolute atomic E-state index is 12.0. The summed E-state index contributed by atoms with van der Waals surface area (Å²) in [7, 11) is 0. The Morgan fingerprint density at radius 2 is 2.23 bits per heavy atom. The molecule has 2 heterocycles. The Labute approximate surface area is 134 Å². The Bertz CT molecular complexity index is 562. The lowest BCUT2D eigenvalue weighted by atomic mass is 10.1. The van der Waals surface area contributed by atoms with Gasteiger partial charge in [-0.25, -0.2) is 14.8 Å². The molecule has 2 rings (SSSR count). The highest BCUT2D eigenvalue weighted by atomic mass is 35.5. The van der Waals surface area contributed by atoms with Crippen LogP contribution in [0.15, 0.2) is 6.07 Å². The van der Waals surface area contributed by atoms with Crippen molar-refractivity contribution in [2.45, 2.75) is 52.0 Å². The summed E-state index contributed by atoms with van der Waals surface area (Å²) in [5, 5.41) is 9.18. The molecule has 1 fully saturated rings. The third-order valence-corrected chi connectivity index (χ3v) is 3.30. The molecule has 0 saturated carbocycles.